The standard InChI is InChI=1S/C8H19N3/c1-7(2)10-8(9-3)6-11(4)5/h6-7,9-10H,1-5H3/b8-6+. The largest absolute Gasteiger partial charge is 0.381 e. The van der Waals surface area contributed by atoms with Crippen molar-refractivity contribution in [1.82, 2.24) is 15.5 Å². The molecule has 0 spiro atoms. The van der Waals surface area contributed by atoms with Crippen LogP contribution in [-0.2, 0) is 0 Å². The minimum Gasteiger partial charge on any atom is -0.381 e. The molecule has 0 atom stereocenters. The summed E-state index contributed by atoms with van der Waals surface area (Å²) in [5.74, 6) is 1.05. The van der Waals surface area contributed by atoms with Crippen molar-refractivity contribution in [3.05, 3.63) is 12.0 Å². The maximum Gasteiger partial charge on any atom is 0.115 e. The Labute approximate surface area is 69.5 Å². The molecule has 0 amide bonds. The quantitative estimate of drug-likeness (QED) is 0.624. The Bertz CT molecular complexity index is 127. The summed E-state index contributed by atoms with van der Waals surface area (Å²) in [6.45, 7) is 4.22. The average Bonchev–Trinajstić information content (AvgIpc) is 1.84. The van der Waals surface area contributed by atoms with Gasteiger partial charge in [-0.2, -0.15) is 0 Å². The van der Waals surface area contributed by atoms with Gasteiger partial charge in [0, 0.05) is 33.4 Å². The van der Waals surface area contributed by atoms with Crippen molar-refractivity contribution in [2.45, 2.75) is 19.9 Å². The summed E-state index contributed by atoms with van der Waals surface area (Å²) in [6, 6.07) is 0.466. The lowest BCUT2D eigenvalue weighted by Gasteiger charge is -2.16. The number of hydrogen-bond acceptors (Lipinski definition) is 3. The summed E-state index contributed by atoms with van der Waals surface area (Å²) in [6.07, 6.45) is 2.01. The number of nitrogens with zero attached hydrogens (tertiary/aromatic N) is 1. The zero-order valence-corrected chi connectivity index (χ0v) is 8.10. The summed E-state index contributed by atoms with van der Waals surface area (Å²) in [5, 5.41) is 6.34. The highest BCUT2D eigenvalue weighted by molar-refractivity contribution is 4.95. The van der Waals surface area contributed by atoms with E-state index in [1.54, 1.807) is 0 Å². The van der Waals surface area contributed by atoms with Crippen LogP contribution in [0.15, 0.2) is 12.0 Å². The van der Waals surface area contributed by atoms with Crippen LogP contribution in [0.2, 0.25) is 0 Å². The van der Waals surface area contributed by atoms with Gasteiger partial charge in [0.25, 0.3) is 0 Å². The molecule has 0 saturated heterocycles. The molecule has 66 valence electrons. The van der Waals surface area contributed by atoms with Crippen LogP contribution >= 0.6 is 0 Å². The third-order valence-electron chi connectivity index (χ3n) is 1.10. The van der Waals surface area contributed by atoms with E-state index in [9.17, 15) is 0 Å². The second kappa shape index (κ2) is 4.88. The van der Waals surface area contributed by atoms with E-state index in [2.05, 4.69) is 24.5 Å². The predicted octanol–water partition coefficient (Wildman–Crippen LogP) is 0.564. The second-order valence-corrected chi connectivity index (χ2v) is 3.06. The molecule has 0 heterocycles. The number of rotatable bonds is 4. The van der Waals surface area contributed by atoms with E-state index in [4.69, 9.17) is 0 Å². The first-order valence-electron chi connectivity index (χ1n) is 3.88. The minimum absolute atomic E-state index is 0.466. The highest BCUT2D eigenvalue weighted by atomic mass is 15.1. The van der Waals surface area contributed by atoms with Gasteiger partial charge in [0.2, 0.25) is 0 Å². The molecule has 0 aliphatic carbocycles. The maximum absolute atomic E-state index is 3.27. The molecule has 0 saturated carbocycles. The number of hydrogen-bond donors (Lipinski definition) is 2. The van der Waals surface area contributed by atoms with Crippen LogP contribution in [0.5, 0.6) is 0 Å². The van der Waals surface area contributed by atoms with Crippen LogP contribution in [0.4, 0.5) is 0 Å². The molecule has 0 unspecified atom stereocenters. The molecule has 3 heteroatoms. The van der Waals surface area contributed by atoms with E-state index in [0.717, 1.165) is 5.82 Å². The summed E-state index contributed by atoms with van der Waals surface area (Å²) in [4.78, 5) is 2.00. The first kappa shape index (κ1) is 10.1. The fourth-order valence-corrected chi connectivity index (χ4v) is 0.743. The summed E-state index contributed by atoms with van der Waals surface area (Å²) >= 11 is 0. The van der Waals surface area contributed by atoms with E-state index in [1.165, 1.54) is 0 Å². The van der Waals surface area contributed by atoms with Crippen LogP contribution in [0.1, 0.15) is 13.8 Å². The van der Waals surface area contributed by atoms with Crippen LogP contribution in [-0.4, -0.2) is 32.1 Å². The minimum atomic E-state index is 0.466. The normalized spacial score (nSPS) is 11.6. The lowest BCUT2D eigenvalue weighted by molar-refractivity contribution is 0.530. The van der Waals surface area contributed by atoms with Gasteiger partial charge in [-0.05, 0) is 13.8 Å². The molecule has 11 heavy (non-hydrogen) atoms. The van der Waals surface area contributed by atoms with Gasteiger partial charge < -0.3 is 15.5 Å². The first-order valence-corrected chi connectivity index (χ1v) is 3.88. The molecule has 0 rings (SSSR count). The van der Waals surface area contributed by atoms with E-state index in [-0.39, 0.29) is 0 Å². The Kier molecular flexibility index (Phi) is 4.50. The summed E-state index contributed by atoms with van der Waals surface area (Å²) < 4.78 is 0. The zero-order valence-electron chi connectivity index (χ0n) is 8.10. The monoisotopic (exact) mass is 157 g/mol. The Balaban J connectivity index is 3.94. The molecule has 0 aliphatic rings. The Morgan fingerprint density at radius 3 is 2.18 bits per heavy atom. The Hall–Kier alpha value is -0.860. The molecule has 0 aliphatic heterocycles. The van der Waals surface area contributed by atoms with Crippen LogP contribution in [0.3, 0.4) is 0 Å². The molecular formula is C8H19N3. The Morgan fingerprint density at radius 1 is 1.36 bits per heavy atom. The smallest absolute Gasteiger partial charge is 0.115 e. The molecular weight excluding hydrogens is 138 g/mol. The number of nitrogens with one attached hydrogen (secondary N) is 2. The van der Waals surface area contributed by atoms with E-state index >= 15 is 0 Å². The first-order chi connectivity index (χ1) is 5.06. The van der Waals surface area contributed by atoms with E-state index < -0.39 is 0 Å². The van der Waals surface area contributed by atoms with Gasteiger partial charge >= 0.3 is 0 Å². The van der Waals surface area contributed by atoms with Crippen molar-refractivity contribution >= 4 is 0 Å². The van der Waals surface area contributed by atoms with E-state index in [0.29, 0.717) is 6.04 Å². The molecule has 0 aromatic carbocycles. The molecule has 2 N–H and O–H groups in total. The lowest BCUT2D eigenvalue weighted by atomic mass is 10.4. The van der Waals surface area contributed by atoms with Gasteiger partial charge in [-0.15, -0.1) is 0 Å². The maximum atomic E-state index is 3.27. The molecule has 3 nitrogen and oxygen atoms in total. The van der Waals surface area contributed by atoms with Crippen molar-refractivity contribution in [3.63, 3.8) is 0 Å². The highest BCUT2D eigenvalue weighted by Crippen LogP contribution is 1.87. The fourth-order valence-electron chi connectivity index (χ4n) is 0.743. The van der Waals surface area contributed by atoms with Crippen LogP contribution < -0.4 is 10.6 Å². The topological polar surface area (TPSA) is 27.3 Å². The van der Waals surface area contributed by atoms with Gasteiger partial charge in [0.15, 0.2) is 0 Å². The molecule has 0 aromatic heterocycles. The average molecular weight is 157 g/mol. The van der Waals surface area contributed by atoms with Gasteiger partial charge in [-0.3, -0.25) is 0 Å². The molecule has 0 fully saturated rings. The van der Waals surface area contributed by atoms with Crippen molar-refractivity contribution in [2.24, 2.45) is 0 Å². The van der Waals surface area contributed by atoms with Crippen molar-refractivity contribution in [2.75, 3.05) is 21.1 Å². The van der Waals surface area contributed by atoms with Crippen molar-refractivity contribution in [1.29, 1.82) is 0 Å². The lowest BCUT2D eigenvalue weighted by Crippen LogP contribution is -2.30. The Morgan fingerprint density at radius 2 is 1.91 bits per heavy atom. The van der Waals surface area contributed by atoms with Gasteiger partial charge in [-0.1, -0.05) is 0 Å². The van der Waals surface area contributed by atoms with Crippen molar-refractivity contribution in [3.8, 4) is 0 Å². The highest BCUT2D eigenvalue weighted by Gasteiger charge is 1.95. The molecule has 0 bridgehead atoms. The van der Waals surface area contributed by atoms with Crippen molar-refractivity contribution < 1.29 is 0 Å². The third kappa shape index (κ3) is 5.58. The summed E-state index contributed by atoms with van der Waals surface area (Å²) in [7, 11) is 5.91. The van der Waals surface area contributed by atoms with E-state index in [1.807, 2.05) is 32.2 Å². The van der Waals surface area contributed by atoms with Crippen LogP contribution in [0.25, 0.3) is 0 Å². The molecule has 0 radical (unpaired) electrons. The van der Waals surface area contributed by atoms with Gasteiger partial charge in [0.05, 0.1) is 0 Å². The molecule has 0 aromatic rings. The predicted molar refractivity (Wildman–Crippen MR) is 49.1 cm³/mol. The van der Waals surface area contributed by atoms with Gasteiger partial charge in [0.1, 0.15) is 5.82 Å². The summed E-state index contributed by atoms with van der Waals surface area (Å²) in [5.41, 5.74) is 0. The SMILES string of the molecule is CN/C(=C\N(C)C)NC(C)C. The second-order valence-electron chi connectivity index (χ2n) is 3.06. The third-order valence-corrected chi connectivity index (χ3v) is 1.10. The van der Waals surface area contributed by atoms with Crippen LogP contribution in [0, 0.1) is 0 Å². The zero-order chi connectivity index (χ0) is 8.85. The fraction of sp³-hybridized carbons (Fsp3) is 0.750. The van der Waals surface area contributed by atoms with Gasteiger partial charge in [-0.25, -0.2) is 0 Å².